The van der Waals surface area contributed by atoms with Gasteiger partial charge in [0.2, 0.25) is 0 Å². The maximum absolute atomic E-state index is 5.27. The summed E-state index contributed by atoms with van der Waals surface area (Å²) in [5, 5.41) is 0. The number of halogens is 1. The van der Waals surface area contributed by atoms with Crippen LogP contribution in [0.5, 0.6) is 0 Å². The highest BCUT2D eigenvalue weighted by atomic mass is 35.5. The molecule has 0 N–H and O–H groups in total. The van der Waals surface area contributed by atoms with Crippen molar-refractivity contribution in [2.45, 2.75) is 33.8 Å². The van der Waals surface area contributed by atoms with Gasteiger partial charge >= 0.3 is 0 Å². The van der Waals surface area contributed by atoms with Crippen molar-refractivity contribution in [2.24, 2.45) is 0 Å². The molecule has 1 fully saturated rings. The van der Waals surface area contributed by atoms with E-state index in [0.29, 0.717) is 12.0 Å². The van der Waals surface area contributed by atoms with Crippen molar-refractivity contribution in [3.05, 3.63) is 0 Å². The monoisotopic (exact) mass is 152 g/mol. The summed E-state index contributed by atoms with van der Waals surface area (Å²) in [4.78, 5) is 0. The summed E-state index contributed by atoms with van der Waals surface area (Å²) in [6.45, 7) is 5.13. The zero-order valence-corrected chi connectivity index (χ0v) is 6.24. The molecular formula is C7H17ClO. The third kappa shape index (κ3) is 11.7. The molecule has 0 aliphatic carbocycles. The number of epoxide rings is 1. The molecule has 0 spiro atoms. The molecule has 1 atom stereocenters. The highest BCUT2D eigenvalue weighted by Crippen LogP contribution is 2.08. The molecule has 9 heavy (non-hydrogen) atoms. The van der Waals surface area contributed by atoms with Crippen molar-refractivity contribution in [1.29, 1.82) is 0 Å². The van der Waals surface area contributed by atoms with Gasteiger partial charge in [0.05, 0.1) is 18.6 Å². The average molecular weight is 153 g/mol. The second-order valence-electron chi connectivity index (χ2n) is 1.82. The van der Waals surface area contributed by atoms with Crippen molar-refractivity contribution in [2.75, 3.05) is 12.5 Å². The molecule has 2 heteroatoms. The van der Waals surface area contributed by atoms with Gasteiger partial charge in [-0.2, -0.15) is 0 Å². The molecule has 0 aromatic heterocycles. The zero-order chi connectivity index (χ0) is 6.41. The second-order valence-corrected chi connectivity index (χ2v) is 2.13. The molecule has 1 heterocycles. The highest BCUT2D eigenvalue weighted by molar-refractivity contribution is 6.18. The first-order valence-electron chi connectivity index (χ1n) is 3.02. The van der Waals surface area contributed by atoms with Crippen LogP contribution in [0.15, 0.2) is 0 Å². The van der Waals surface area contributed by atoms with Gasteiger partial charge in [-0.25, -0.2) is 0 Å². The van der Waals surface area contributed by atoms with E-state index < -0.39 is 0 Å². The lowest BCUT2D eigenvalue weighted by molar-refractivity contribution is 0.425. The molecule has 1 nitrogen and oxygen atoms in total. The molecule has 1 aliphatic rings. The Bertz CT molecular complexity index is 44.2. The van der Waals surface area contributed by atoms with E-state index in [1.54, 1.807) is 0 Å². The van der Waals surface area contributed by atoms with E-state index in [4.69, 9.17) is 16.3 Å². The number of hydrogen-bond acceptors (Lipinski definition) is 1. The summed E-state index contributed by atoms with van der Waals surface area (Å²) in [6.07, 6.45) is 1.65. The molecule has 1 saturated heterocycles. The van der Waals surface area contributed by atoms with Gasteiger partial charge < -0.3 is 4.74 Å². The fraction of sp³-hybridized carbons (Fsp3) is 1.00. The summed E-state index contributed by atoms with van der Waals surface area (Å²) >= 11 is 5.27. The van der Waals surface area contributed by atoms with E-state index >= 15 is 0 Å². The lowest BCUT2D eigenvalue weighted by atomic mass is 10.6. The Labute approximate surface area is 63.4 Å². The van der Waals surface area contributed by atoms with E-state index in [2.05, 4.69) is 13.8 Å². The Morgan fingerprint density at radius 1 is 1.56 bits per heavy atom. The van der Waals surface area contributed by atoms with E-state index in [1.165, 1.54) is 6.42 Å². The van der Waals surface area contributed by atoms with Gasteiger partial charge in [-0.1, -0.05) is 27.7 Å². The van der Waals surface area contributed by atoms with Crippen LogP contribution in [-0.4, -0.2) is 18.6 Å². The van der Waals surface area contributed by atoms with Crippen LogP contribution in [0.25, 0.3) is 0 Å². The Kier molecular flexibility index (Phi) is 11.0. The van der Waals surface area contributed by atoms with Crippen LogP contribution in [0.2, 0.25) is 0 Å². The summed E-state index contributed by atoms with van der Waals surface area (Å²) in [5.41, 5.74) is 0. The Balaban J connectivity index is 0. The molecule has 0 amide bonds. The smallest absolute Gasteiger partial charge is 0.0944 e. The summed E-state index contributed by atoms with van der Waals surface area (Å²) in [6, 6.07) is 0. The van der Waals surface area contributed by atoms with Crippen LogP contribution >= 0.6 is 11.6 Å². The van der Waals surface area contributed by atoms with Crippen LogP contribution in [0.1, 0.15) is 27.7 Å². The molecule has 0 bridgehead atoms. The molecule has 1 aliphatic heterocycles. The van der Waals surface area contributed by atoms with Gasteiger partial charge in [-0.15, -0.1) is 11.6 Å². The van der Waals surface area contributed by atoms with Crippen molar-refractivity contribution >= 4 is 11.6 Å². The van der Waals surface area contributed by atoms with E-state index in [9.17, 15) is 0 Å². The molecular weight excluding hydrogens is 136 g/mol. The number of alkyl halides is 1. The minimum Gasteiger partial charge on any atom is -0.372 e. The Morgan fingerprint density at radius 3 is 1.89 bits per heavy atom. The van der Waals surface area contributed by atoms with Crippen molar-refractivity contribution in [3.63, 3.8) is 0 Å². The van der Waals surface area contributed by atoms with Crippen molar-refractivity contribution in [1.82, 2.24) is 0 Å². The van der Waals surface area contributed by atoms with Gasteiger partial charge in [0.15, 0.2) is 0 Å². The third-order valence-electron chi connectivity index (χ3n) is 0.574. The molecule has 0 aromatic rings. The zero-order valence-electron chi connectivity index (χ0n) is 5.48. The fourth-order valence-corrected chi connectivity index (χ4v) is 0.335. The summed E-state index contributed by atoms with van der Waals surface area (Å²) in [7, 11) is 0. The molecule has 0 radical (unpaired) electrons. The topological polar surface area (TPSA) is 12.5 Å². The van der Waals surface area contributed by atoms with Crippen LogP contribution in [0.3, 0.4) is 0 Å². The first-order valence-corrected chi connectivity index (χ1v) is 3.56. The summed E-state index contributed by atoms with van der Waals surface area (Å²) in [5.74, 6) is 0.667. The van der Waals surface area contributed by atoms with Gasteiger partial charge in [-0.3, -0.25) is 0 Å². The van der Waals surface area contributed by atoms with E-state index in [-0.39, 0.29) is 7.43 Å². The van der Waals surface area contributed by atoms with Crippen LogP contribution < -0.4 is 0 Å². The van der Waals surface area contributed by atoms with Gasteiger partial charge in [0, 0.05) is 0 Å². The quantitative estimate of drug-likeness (QED) is 0.416. The predicted octanol–water partition coefficient (Wildman–Crippen LogP) is 2.68. The van der Waals surface area contributed by atoms with Crippen LogP contribution in [-0.2, 0) is 4.74 Å². The fourth-order valence-electron chi connectivity index (χ4n) is 0.157. The van der Waals surface area contributed by atoms with E-state index in [0.717, 1.165) is 6.61 Å². The first-order chi connectivity index (χ1) is 3.85. The highest BCUT2D eigenvalue weighted by Gasteiger charge is 2.19. The lowest BCUT2D eigenvalue weighted by Crippen LogP contribution is -1.80. The second kappa shape index (κ2) is 8.25. The maximum Gasteiger partial charge on any atom is 0.0944 e. The van der Waals surface area contributed by atoms with Crippen molar-refractivity contribution in [3.8, 4) is 0 Å². The molecule has 0 saturated carbocycles. The van der Waals surface area contributed by atoms with Crippen LogP contribution in [0.4, 0.5) is 0 Å². The van der Waals surface area contributed by atoms with Crippen LogP contribution in [0, 0.1) is 0 Å². The Hall–Kier alpha value is 0.250. The lowest BCUT2D eigenvalue weighted by Gasteiger charge is -1.67. The molecule has 1 unspecified atom stereocenters. The average Bonchev–Trinajstić information content (AvgIpc) is 2.48. The largest absolute Gasteiger partial charge is 0.372 e. The minimum absolute atomic E-state index is 0. The molecule has 58 valence electrons. The standard InChI is InChI=1S/C3H5ClO.C3H8.CH4/c4-1-3-2-5-3;1-3-2;/h3H,1-2H2;3H2,1-2H3;1H4. The van der Waals surface area contributed by atoms with E-state index in [1.807, 2.05) is 0 Å². The van der Waals surface area contributed by atoms with Gasteiger partial charge in [-0.05, 0) is 0 Å². The van der Waals surface area contributed by atoms with Gasteiger partial charge in [0.1, 0.15) is 0 Å². The van der Waals surface area contributed by atoms with Crippen molar-refractivity contribution < 1.29 is 4.74 Å². The molecule has 1 rings (SSSR count). The SMILES string of the molecule is C.CCC.ClCC1CO1. The first kappa shape index (κ1) is 12.0. The number of ether oxygens (including phenoxy) is 1. The normalized spacial score (nSPS) is 21.0. The predicted molar refractivity (Wildman–Crippen MR) is 43.2 cm³/mol. The maximum atomic E-state index is 5.27. The third-order valence-corrected chi connectivity index (χ3v) is 0.919. The molecule has 0 aromatic carbocycles. The van der Waals surface area contributed by atoms with Gasteiger partial charge in [0.25, 0.3) is 0 Å². The minimum atomic E-state index is 0. The Morgan fingerprint density at radius 2 is 1.89 bits per heavy atom. The number of rotatable bonds is 1. The number of hydrogen-bond donors (Lipinski definition) is 0. The summed E-state index contributed by atoms with van der Waals surface area (Å²) < 4.78 is 4.73.